The maximum Gasteiger partial charge on any atom is 0.221 e. The number of amides is 1. The number of aryl methyl sites for hydroxylation is 1. The lowest BCUT2D eigenvalue weighted by Crippen LogP contribution is -2.37. The number of nitrogens with zero attached hydrogens (tertiary/aromatic N) is 3. The van der Waals surface area contributed by atoms with E-state index in [2.05, 4.69) is 59.2 Å². The first kappa shape index (κ1) is 27.3. The number of rotatable bonds is 7. The van der Waals surface area contributed by atoms with Crippen molar-refractivity contribution in [3.05, 3.63) is 38.8 Å². The summed E-state index contributed by atoms with van der Waals surface area (Å²) < 4.78 is 7.44. The molecule has 2 aromatic rings. The number of nitrogens with one attached hydrogen (secondary N) is 1. The Balaban J connectivity index is 0.00000385. The molecule has 0 spiro atoms. The molecule has 1 N–H and O–H groups in total. The Bertz CT molecular complexity index is 981. The molecule has 33 heavy (non-hydrogen) atoms. The molecule has 8 heteroatoms. The zero-order valence-electron chi connectivity index (χ0n) is 19.0. The van der Waals surface area contributed by atoms with Crippen molar-refractivity contribution in [3.63, 3.8) is 0 Å². The number of benzene rings is 2. The molecule has 1 fully saturated rings. The van der Waals surface area contributed by atoms with Gasteiger partial charge in [-0.3, -0.25) is 4.79 Å². The zero-order valence-corrected chi connectivity index (χ0v) is 22.2. The monoisotopic (exact) mass is 580 g/mol. The highest BCUT2D eigenvalue weighted by Crippen LogP contribution is 2.42. The number of hydrogen-bond acceptors (Lipinski definition) is 5. The Kier molecular flexibility index (Phi) is 10.4. The summed E-state index contributed by atoms with van der Waals surface area (Å²) in [6, 6.07) is 8.26. The Morgan fingerprint density at radius 1 is 1.12 bits per heavy atom. The third-order valence-corrected chi connectivity index (χ3v) is 6.90. The summed E-state index contributed by atoms with van der Waals surface area (Å²) >= 11 is 7.12. The second kappa shape index (κ2) is 12.5. The first-order valence-corrected chi connectivity index (χ1v) is 12.6. The van der Waals surface area contributed by atoms with Crippen LogP contribution in [0.2, 0.25) is 0 Å². The average molecular weight is 582 g/mol. The molecule has 0 heterocycles. The molecule has 0 bridgehead atoms. The van der Waals surface area contributed by atoms with Crippen molar-refractivity contribution in [1.29, 1.82) is 0 Å². The van der Waals surface area contributed by atoms with Gasteiger partial charge in [0.2, 0.25) is 5.91 Å². The Morgan fingerprint density at radius 2 is 1.76 bits per heavy atom. The number of carbonyl (C=O) groups excluding carboxylic acids is 1. The summed E-state index contributed by atoms with van der Waals surface area (Å²) in [5.41, 5.74) is 3.92. The van der Waals surface area contributed by atoms with Gasteiger partial charge in [-0.1, -0.05) is 26.7 Å². The summed E-state index contributed by atoms with van der Waals surface area (Å²) in [6.07, 6.45) is 6.13. The highest BCUT2D eigenvalue weighted by atomic mass is 79.9. The summed E-state index contributed by atoms with van der Waals surface area (Å²) in [5, 5.41) is 11.9. The van der Waals surface area contributed by atoms with Crippen LogP contribution in [-0.2, 0) is 4.79 Å². The predicted octanol–water partition coefficient (Wildman–Crippen LogP) is 8.70. The first-order chi connectivity index (χ1) is 15.3. The molecule has 1 amide bonds. The Morgan fingerprint density at radius 3 is 2.30 bits per heavy atom. The lowest BCUT2D eigenvalue weighted by molar-refractivity contribution is -0.114. The molecule has 2 aromatic carbocycles. The van der Waals surface area contributed by atoms with Gasteiger partial charge in [0.25, 0.3) is 0 Å². The van der Waals surface area contributed by atoms with Crippen molar-refractivity contribution < 1.29 is 9.53 Å². The minimum atomic E-state index is -0.157. The lowest BCUT2D eigenvalue weighted by Gasteiger charge is -2.36. The molecule has 0 atom stereocenters. The summed E-state index contributed by atoms with van der Waals surface area (Å²) in [7, 11) is 1.67. The van der Waals surface area contributed by atoms with Gasteiger partial charge in [0.15, 0.2) is 0 Å². The normalized spacial score (nSPS) is 14.1. The molecule has 1 aliphatic carbocycles. The number of methoxy groups -OCH3 is 1. The van der Waals surface area contributed by atoms with Gasteiger partial charge in [-0.25, -0.2) is 0 Å². The standard InChI is InChI=1S/C24H30Br2N4O2.CH4/c1-5-30(17-9-7-6-8-10-17)22-13-20(27-16(3)31)21(14-23(22)32-4)28-29-24-18(25)11-15(2)12-19(24)26;/h11-14,17H,5-10H2,1-4H3,(H,27,31);1H4. The van der Waals surface area contributed by atoms with Gasteiger partial charge >= 0.3 is 0 Å². The lowest BCUT2D eigenvalue weighted by atomic mass is 9.93. The molecule has 0 unspecified atom stereocenters. The summed E-state index contributed by atoms with van der Waals surface area (Å²) in [4.78, 5) is 14.3. The second-order valence-electron chi connectivity index (χ2n) is 8.08. The molecular formula is C25H34Br2N4O2. The first-order valence-electron chi connectivity index (χ1n) is 11.0. The number of anilines is 2. The average Bonchev–Trinajstić information content (AvgIpc) is 2.75. The van der Waals surface area contributed by atoms with E-state index in [9.17, 15) is 4.79 Å². The van der Waals surface area contributed by atoms with E-state index in [0.717, 1.165) is 32.5 Å². The van der Waals surface area contributed by atoms with Gasteiger partial charge in [-0.15, -0.1) is 10.2 Å². The third-order valence-electron chi connectivity index (χ3n) is 5.69. The number of carbonyl (C=O) groups is 1. The van der Waals surface area contributed by atoms with Gasteiger partial charge in [0, 0.05) is 34.5 Å². The highest BCUT2D eigenvalue weighted by molar-refractivity contribution is 9.11. The van der Waals surface area contributed by atoms with E-state index in [1.807, 2.05) is 31.2 Å². The molecule has 6 nitrogen and oxygen atoms in total. The summed E-state index contributed by atoms with van der Waals surface area (Å²) in [6.45, 7) is 6.54. The van der Waals surface area contributed by atoms with E-state index < -0.39 is 0 Å². The zero-order chi connectivity index (χ0) is 23.3. The van der Waals surface area contributed by atoms with E-state index >= 15 is 0 Å². The fraction of sp³-hybridized carbons (Fsp3) is 0.480. The molecule has 1 aliphatic rings. The van der Waals surface area contributed by atoms with Crippen LogP contribution in [0.25, 0.3) is 0 Å². The van der Waals surface area contributed by atoms with Crippen LogP contribution in [0.15, 0.2) is 43.4 Å². The van der Waals surface area contributed by atoms with E-state index in [1.54, 1.807) is 7.11 Å². The van der Waals surface area contributed by atoms with Crippen LogP contribution >= 0.6 is 31.9 Å². The van der Waals surface area contributed by atoms with Gasteiger partial charge < -0.3 is 15.0 Å². The third kappa shape index (κ3) is 6.79. The van der Waals surface area contributed by atoms with Crippen molar-refractivity contribution in [3.8, 4) is 5.75 Å². The maximum atomic E-state index is 11.9. The topological polar surface area (TPSA) is 66.3 Å². The minimum absolute atomic E-state index is 0. The fourth-order valence-corrected chi connectivity index (χ4v) is 5.80. The van der Waals surface area contributed by atoms with Gasteiger partial charge in [0.05, 0.1) is 18.5 Å². The van der Waals surface area contributed by atoms with Crippen molar-refractivity contribution in [1.82, 2.24) is 0 Å². The van der Waals surface area contributed by atoms with Crippen LogP contribution in [0.4, 0.5) is 22.7 Å². The van der Waals surface area contributed by atoms with Crippen LogP contribution in [-0.4, -0.2) is 25.6 Å². The van der Waals surface area contributed by atoms with Gasteiger partial charge in [-0.2, -0.15) is 0 Å². The number of hydrogen-bond donors (Lipinski definition) is 1. The van der Waals surface area contributed by atoms with Crippen molar-refractivity contribution in [2.24, 2.45) is 10.2 Å². The Labute approximate surface area is 214 Å². The largest absolute Gasteiger partial charge is 0.494 e. The van der Waals surface area contributed by atoms with E-state index in [1.165, 1.54) is 39.0 Å². The number of azo groups is 1. The minimum Gasteiger partial charge on any atom is -0.494 e. The predicted molar refractivity (Wildman–Crippen MR) is 145 cm³/mol. The molecule has 3 rings (SSSR count). The second-order valence-corrected chi connectivity index (χ2v) is 9.79. The molecule has 0 aliphatic heterocycles. The summed E-state index contributed by atoms with van der Waals surface area (Å²) in [5.74, 6) is 0.568. The highest BCUT2D eigenvalue weighted by Gasteiger charge is 2.24. The van der Waals surface area contributed by atoms with Gasteiger partial charge in [-0.05, 0) is 82.3 Å². The van der Waals surface area contributed by atoms with Gasteiger partial charge in [0.1, 0.15) is 17.1 Å². The molecule has 0 saturated heterocycles. The fourth-order valence-electron chi connectivity index (χ4n) is 4.23. The molecular weight excluding hydrogens is 548 g/mol. The molecule has 1 saturated carbocycles. The van der Waals surface area contributed by atoms with E-state index in [-0.39, 0.29) is 13.3 Å². The van der Waals surface area contributed by atoms with Crippen LogP contribution in [0.5, 0.6) is 5.75 Å². The van der Waals surface area contributed by atoms with Crippen molar-refractivity contribution in [2.75, 3.05) is 23.9 Å². The van der Waals surface area contributed by atoms with Crippen LogP contribution in [0.1, 0.15) is 58.9 Å². The Hall–Kier alpha value is -1.93. The molecule has 0 radical (unpaired) electrons. The quantitative estimate of drug-likeness (QED) is 0.332. The van der Waals surface area contributed by atoms with Crippen molar-refractivity contribution >= 4 is 60.5 Å². The maximum absolute atomic E-state index is 11.9. The number of ether oxygens (including phenoxy) is 1. The van der Waals surface area contributed by atoms with Crippen LogP contribution in [0.3, 0.4) is 0 Å². The number of halogens is 2. The van der Waals surface area contributed by atoms with Crippen LogP contribution < -0.4 is 15.0 Å². The molecule has 180 valence electrons. The smallest absolute Gasteiger partial charge is 0.221 e. The SMILES string of the molecule is C.CCN(c1cc(NC(C)=O)c(N=Nc2c(Br)cc(C)cc2Br)cc1OC)C1CCCCC1. The van der Waals surface area contributed by atoms with E-state index in [0.29, 0.717) is 23.1 Å². The molecule has 0 aromatic heterocycles. The van der Waals surface area contributed by atoms with Crippen LogP contribution in [0, 0.1) is 6.92 Å². The van der Waals surface area contributed by atoms with Crippen molar-refractivity contribution in [2.45, 2.75) is 66.3 Å². The van der Waals surface area contributed by atoms with E-state index in [4.69, 9.17) is 4.74 Å².